The second-order valence-electron chi connectivity index (χ2n) is 6.93. The fourth-order valence-corrected chi connectivity index (χ4v) is 2.97. The van der Waals surface area contributed by atoms with Crippen molar-refractivity contribution in [3.63, 3.8) is 0 Å². The maximum absolute atomic E-state index is 12.7. The molecule has 0 N–H and O–H groups in total. The lowest BCUT2D eigenvalue weighted by Gasteiger charge is -2.11. The van der Waals surface area contributed by atoms with Crippen LogP contribution in [0.25, 0.3) is 16.8 Å². The molecule has 0 aromatic heterocycles. The number of ether oxygens (including phenoxy) is 2. The third-order valence-corrected chi connectivity index (χ3v) is 4.63. The van der Waals surface area contributed by atoms with Crippen LogP contribution < -0.4 is 9.47 Å². The van der Waals surface area contributed by atoms with E-state index in [1.165, 1.54) is 4.90 Å². The number of amides is 1. The van der Waals surface area contributed by atoms with E-state index in [4.69, 9.17) is 9.47 Å². The van der Waals surface area contributed by atoms with Gasteiger partial charge in [-0.2, -0.15) is 0 Å². The molecule has 1 amide bonds. The number of carbonyl (C=O) groups excluding carboxylic acids is 2. The van der Waals surface area contributed by atoms with Gasteiger partial charge >= 0.3 is 0 Å². The van der Waals surface area contributed by atoms with E-state index in [9.17, 15) is 9.59 Å². The summed E-state index contributed by atoms with van der Waals surface area (Å²) in [4.78, 5) is 25.7. The molecule has 0 aliphatic rings. The van der Waals surface area contributed by atoms with Crippen molar-refractivity contribution < 1.29 is 19.1 Å². The Morgan fingerprint density at radius 2 is 1.67 bits per heavy atom. The predicted octanol–water partition coefficient (Wildman–Crippen LogP) is 4.60. The summed E-state index contributed by atoms with van der Waals surface area (Å²) in [5, 5.41) is 2.11. The second-order valence-corrected chi connectivity index (χ2v) is 6.93. The zero-order valence-electron chi connectivity index (χ0n) is 17.4. The highest BCUT2D eigenvalue weighted by molar-refractivity contribution is 6.08. The van der Waals surface area contributed by atoms with Crippen molar-refractivity contribution in [3.8, 4) is 11.5 Å². The molecule has 0 unspecified atom stereocenters. The Morgan fingerprint density at radius 3 is 2.37 bits per heavy atom. The Labute approximate surface area is 176 Å². The summed E-state index contributed by atoms with van der Waals surface area (Å²) in [6, 6.07) is 18.7. The van der Waals surface area contributed by atoms with Gasteiger partial charge in [-0.05, 0) is 60.2 Å². The van der Waals surface area contributed by atoms with Crippen LogP contribution in [0.15, 0.2) is 66.7 Å². The van der Waals surface area contributed by atoms with Gasteiger partial charge < -0.3 is 14.4 Å². The number of hydrogen-bond donors (Lipinski definition) is 0. The summed E-state index contributed by atoms with van der Waals surface area (Å²) in [5.41, 5.74) is 1.42. The van der Waals surface area contributed by atoms with E-state index >= 15 is 0 Å². The van der Waals surface area contributed by atoms with Crippen LogP contribution >= 0.6 is 0 Å². The van der Waals surface area contributed by atoms with Crippen molar-refractivity contribution in [2.45, 2.75) is 6.92 Å². The van der Waals surface area contributed by atoms with Crippen LogP contribution in [0.3, 0.4) is 0 Å². The van der Waals surface area contributed by atoms with E-state index in [0.29, 0.717) is 17.9 Å². The molecule has 30 heavy (non-hydrogen) atoms. The van der Waals surface area contributed by atoms with Crippen molar-refractivity contribution >= 4 is 28.5 Å². The minimum atomic E-state index is -0.127. The van der Waals surface area contributed by atoms with Crippen molar-refractivity contribution in [1.82, 2.24) is 4.90 Å². The van der Waals surface area contributed by atoms with E-state index in [-0.39, 0.29) is 18.3 Å². The van der Waals surface area contributed by atoms with Crippen LogP contribution in [-0.4, -0.2) is 43.9 Å². The fraction of sp³-hybridized carbons (Fsp3) is 0.200. The zero-order valence-corrected chi connectivity index (χ0v) is 17.4. The molecule has 5 nitrogen and oxygen atoms in total. The normalized spacial score (nSPS) is 10.9. The fourth-order valence-electron chi connectivity index (χ4n) is 2.97. The molecular weight excluding hydrogens is 378 g/mol. The number of hydrogen-bond acceptors (Lipinski definition) is 4. The number of rotatable bonds is 8. The van der Waals surface area contributed by atoms with E-state index in [2.05, 4.69) is 0 Å². The number of carbonyl (C=O) groups is 2. The van der Waals surface area contributed by atoms with Crippen molar-refractivity contribution in [2.75, 3.05) is 27.3 Å². The van der Waals surface area contributed by atoms with Gasteiger partial charge in [0, 0.05) is 25.2 Å². The highest BCUT2D eigenvalue weighted by Crippen LogP contribution is 2.29. The maximum atomic E-state index is 12.7. The molecule has 3 rings (SSSR count). The molecule has 0 atom stereocenters. The van der Waals surface area contributed by atoms with E-state index in [1.807, 2.05) is 43.3 Å². The molecule has 0 aliphatic heterocycles. The first-order valence-corrected chi connectivity index (χ1v) is 9.79. The zero-order chi connectivity index (χ0) is 21.5. The largest absolute Gasteiger partial charge is 0.493 e. The Bertz CT molecular complexity index is 1070. The Balaban J connectivity index is 1.77. The quantitative estimate of drug-likeness (QED) is 0.407. The first kappa shape index (κ1) is 21.1. The summed E-state index contributed by atoms with van der Waals surface area (Å²) in [7, 11) is 3.35. The summed E-state index contributed by atoms with van der Waals surface area (Å²) in [5.74, 6) is 1.03. The monoisotopic (exact) mass is 403 g/mol. The molecule has 0 spiro atoms. The molecule has 0 radical (unpaired) electrons. The third-order valence-electron chi connectivity index (χ3n) is 4.63. The first-order valence-electron chi connectivity index (χ1n) is 9.79. The van der Waals surface area contributed by atoms with Crippen LogP contribution in [0.5, 0.6) is 11.5 Å². The molecular formula is C25H25NO4. The van der Waals surface area contributed by atoms with E-state index in [0.717, 1.165) is 22.1 Å². The minimum Gasteiger partial charge on any atom is -0.493 e. The molecule has 0 heterocycles. The lowest BCUT2D eigenvalue weighted by atomic mass is 10.0. The summed E-state index contributed by atoms with van der Waals surface area (Å²) in [6.45, 7) is 2.44. The molecule has 3 aromatic rings. The Morgan fingerprint density at radius 1 is 0.933 bits per heavy atom. The van der Waals surface area contributed by atoms with E-state index < -0.39 is 0 Å². The molecule has 0 fully saturated rings. The van der Waals surface area contributed by atoms with Crippen molar-refractivity contribution in [3.05, 3.63) is 77.9 Å². The minimum absolute atomic E-state index is 0.0402. The average molecular weight is 403 g/mol. The molecule has 3 aromatic carbocycles. The van der Waals surface area contributed by atoms with Gasteiger partial charge in [-0.15, -0.1) is 0 Å². The average Bonchev–Trinajstić information content (AvgIpc) is 2.76. The molecule has 0 bridgehead atoms. The maximum Gasteiger partial charge on any atom is 0.259 e. The van der Waals surface area contributed by atoms with Gasteiger partial charge in [0.25, 0.3) is 5.91 Å². The van der Waals surface area contributed by atoms with Gasteiger partial charge in [0.1, 0.15) is 11.5 Å². The van der Waals surface area contributed by atoms with Crippen LogP contribution in [0, 0.1) is 0 Å². The molecule has 0 saturated heterocycles. The van der Waals surface area contributed by atoms with Crippen molar-refractivity contribution in [2.24, 2.45) is 0 Å². The SMILES string of the molecule is CCOc1ccc2ccccc2c1/C=C/C(=O)c1ccc(OCC(=O)N(C)C)cc1. The van der Waals surface area contributed by atoms with Gasteiger partial charge in [0.2, 0.25) is 0 Å². The van der Waals surface area contributed by atoms with Gasteiger partial charge in [-0.25, -0.2) is 0 Å². The third kappa shape index (κ3) is 5.06. The molecule has 5 heteroatoms. The Kier molecular flexibility index (Phi) is 6.86. The highest BCUT2D eigenvalue weighted by Gasteiger charge is 2.09. The van der Waals surface area contributed by atoms with E-state index in [1.54, 1.807) is 50.5 Å². The van der Waals surface area contributed by atoms with Crippen LogP contribution in [0.4, 0.5) is 0 Å². The Hall–Kier alpha value is -3.60. The number of fused-ring (bicyclic) bond motifs is 1. The van der Waals surface area contributed by atoms with Crippen LogP contribution in [0.2, 0.25) is 0 Å². The molecule has 0 aliphatic carbocycles. The predicted molar refractivity (Wildman–Crippen MR) is 119 cm³/mol. The summed E-state index contributed by atoms with van der Waals surface area (Å²) >= 11 is 0. The summed E-state index contributed by atoms with van der Waals surface area (Å²) in [6.07, 6.45) is 3.35. The van der Waals surface area contributed by atoms with Gasteiger partial charge in [-0.3, -0.25) is 9.59 Å². The number of likely N-dealkylation sites (N-methyl/N-ethyl adjacent to an activating group) is 1. The van der Waals surface area contributed by atoms with Gasteiger partial charge in [0.05, 0.1) is 6.61 Å². The van der Waals surface area contributed by atoms with Crippen LogP contribution in [-0.2, 0) is 4.79 Å². The van der Waals surface area contributed by atoms with Crippen LogP contribution in [0.1, 0.15) is 22.8 Å². The second kappa shape index (κ2) is 9.74. The lowest BCUT2D eigenvalue weighted by molar-refractivity contribution is -0.130. The summed E-state index contributed by atoms with van der Waals surface area (Å²) < 4.78 is 11.2. The number of benzene rings is 3. The smallest absolute Gasteiger partial charge is 0.259 e. The number of allylic oxidation sites excluding steroid dienone is 1. The lowest BCUT2D eigenvalue weighted by Crippen LogP contribution is -2.27. The standard InChI is InChI=1S/C25H25NO4/c1-4-29-24-16-11-18-7-5-6-8-21(18)22(24)14-15-23(27)19-9-12-20(13-10-19)30-17-25(28)26(2)3/h5-16H,4,17H2,1-3H3/b15-14+. The van der Waals surface area contributed by atoms with Crippen molar-refractivity contribution in [1.29, 1.82) is 0 Å². The van der Waals surface area contributed by atoms with Gasteiger partial charge in [0.15, 0.2) is 12.4 Å². The molecule has 0 saturated carbocycles. The first-order chi connectivity index (χ1) is 14.5. The van der Waals surface area contributed by atoms with Gasteiger partial charge in [-0.1, -0.05) is 30.3 Å². The topological polar surface area (TPSA) is 55.8 Å². The molecule has 154 valence electrons. The highest BCUT2D eigenvalue weighted by atomic mass is 16.5. The number of nitrogens with zero attached hydrogens (tertiary/aromatic N) is 1. The number of ketones is 1.